The molecule has 1 fully saturated rings. The first kappa shape index (κ1) is 24.8. The third-order valence-corrected chi connectivity index (χ3v) is 4.61. The number of halogens is 1. The Hall–Kier alpha value is -1.26. The minimum absolute atomic E-state index is 0. The van der Waals surface area contributed by atoms with Crippen LogP contribution in [0.15, 0.2) is 23.2 Å². The van der Waals surface area contributed by atoms with E-state index in [1.54, 1.807) is 14.2 Å². The lowest BCUT2D eigenvalue weighted by atomic mass is 10.2. The fourth-order valence-corrected chi connectivity index (χ4v) is 3.27. The molecule has 1 aromatic rings. The van der Waals surface area contributed by atoms with Crippen molar-refractivity contribution in [3.05, 3.63) is 18.2 Å². The largest absolute Gasteiger partial charge is 0.493 e. The van der Waals surface area contributed by atoms with Crippen molar-refractivity contribution in [3.63, 3.8) is 0 Å². The molecule has 0 amide bonds. The molecule has 1 aromatic carbocycles. The molecule has 1 aliphatic heterocycles. The topological polar surface area (TPSA) is 67.4 Å². The van der Waals surface area contributed by atoms with Crippen LogP contribution in [0.1, 0.15) is 26.7 Å². The summed E-state index contributed by atoms with van der Waals surface area (Å²) in [4.78, 5) is 7.27. The molecule has 160 valence electrons. The van der Waals surface area contributed by atoms with Crippen LogP contribution in [0.5, 0.6) is 11.5 Å². The summed E-state index contributed by atoms with van der Waals surface area (Å²) in [6.45, 7) is 9.07. The van der Waals surface area contributed by atoms with Gasteiger partial charge in [-0.25, -0.2) is 0 Å². The first-order chi connectivity index (χ1) is 13.2. The van der Waals surface area contributed by atoms with E-state index in [1.807, 2.05) is 25.1 Å². The van der Waals surface area contributed by atoms with Crippen molar-refractivity contribution in [2.45, 2.75) is 32.7 Å². The van der Waals surface area contributed by atoms with Gasteiger partial charge in [0.1, 0.15) is 0 Å². The van der Waals surface area contributed by atoms with Gasteiger partial charge in [0.2, 0.25) is 0 Å². The highest BCUT2D eigenvalue weighted by Gasteiger charge is 2.23. The number of nitrogens with zero attached hydrogens (tertiary/aromatic N) is 2. The van der Waals surface area contributed by atoms with Crippen LogP contribution in [-0.4, -0.2) is 70.5 Å². The average molecular weight is 506 g/mol. The Kier molecular flexibility index (Phi) is 12.2. The Morgan fingerprint density at radius 1 is 1.25 bits per heavy atom. The molecular weight excluding hydrogens is 471 g/mol. The summed E-state index contributed by atoms with van der Waals surface area (Å²) in [6.07, 6.45) is 2.41. The van der Waals surface area contributed by atoms with Crippen LogP contribution in [0.3, 0.4) is 0 Å². The highest BCUT2D eigenvalue weighted by molar-refractivity contribution is 14.0. The predicted molar refractivity (Wildman–Crippen MR) is 126 cm³/mol. The normalized spacial score (nSPS) is 17.1. The minimum Gasteiger partial charge on any atom is -0.493 e. The third kappa shape index (κ3) is 7.63. The molecule has 0 saturated carbocycles. The van der Waals surface area contributed by atoms with Crippen molar-refractivity contribution in [1.82, 2.24) is 10.2 Å². The van der Waals surface area contributed by atoms with Crippen LogP contribution in [-0.2, 0) is 4.74 Å². The van der Waals surface area contributed by atoms with Gasteiger partial charge >= 0.3 is 0 Å². The number of guanidine groups is 1. The van der Waals surface area contributed by atoms with Crippen LogP contribution >= 0.6 is 24.0 Å². The number of hydrogen-bond acceptors (Lipinski definition) is 5. The molecule has 28 heavy (non-hydrogen) atoms. The molecule has 2 N–H and O–H groups in total. The summed E-state index contributed by atoms with van der Waals surface area (Å²) >= 11 is 0. The monoisotopic (exact) mass is 506 g/mol. The number of likely N-dealkylation sites (tertiary alicyclic amines) is 1. The van der Waals surface area contributed by atoms with Gasteiger partial charge in [-0.2, -0.15) is 0 Å². The number of rotatable bonds is 10. The average Bonchev–Trinajstić information content (AvgIpc) is 3.13. The second-order valence-electron chi connectivity index (χ2n) is 6.47. The van der Waals surface area contributed by atoms with E-state index in [2.05, 4.69) is 22.5 Å². The van der Waals surface area contributed by atoms with Gasteiger partial charge in [-0.1, -0.05) is 0 Å². The van der Waals surface area contributed by atoms with E-state index in [0.29, 0.717) is 18.4 Å². The minimum atomic E-state index is 0. The summed E-state index contributed by atoms with van der Waals surface area (Å²) < 4.78 is 16.2. The summed E-state index contributed by atoms with van der Waals surface area (Å²) in [5, 5.41) is 6.68. The molecule has 8 heteroatoms. The van der Waals surface area contributed by atoms with Crippen LogP contribution in [0.25, 0.3) is 0 Å². The lowest BCUT2D eigenvalue weighted by Gasteiger charge is -2.23. The summed E-state index contributed by atoms with van der Waals surface area (Å²) in [7, 11) is 3.40. The Morgan fingerprint density at radius 2 is 2.07 bits per heavy atom. The number of ether oxygens (including phenoxy) is 3. The molecule has 1 atom stereocenters. The Labute approximate surface area is 186 Å². The Balaban J connectivity index is 0.00000392. The molecule has 0 aliphatic carbocycles. The van der Waals surface area contributed by atoms with Crippen LogP contribution < -0.4 is 20.1 Å². The van der Waals surface area contributed by atoms with E-state index in [9.17, 15) is 0 Å². The van der Waals surface area contributed by atoms with E-state index in [4.69, 9.17) is 19.2 Å². The fourth-order valence-electron chi connectivity index (χ4n) is 3.27. The molecule has 1 unspecified atom stereocenters. The van der Waals surface area contributed by atoms with E-state index < -0.39 is 0 Å². The molecule has 0 spiro atoms. The van der Waals surface area contributed by atoms with E-state index in [1.165, 1.54) is 12.8 Å². The number of hydrogen-bond donors (Lipinski definition) is 2. The summed E-state index contributed by atoms with van der Waals surface area (Å²) in [5.41, 5.74) is 0.915. The summed E-state index contributed by atoms with van der Waals surface area (Å²) in [5.74, 6) is 2.23. The quantitative estimate of drug-likeness (QED) is 0.289. The molecule has 1 aliphatic rings. The first-order valence-electron chi connectivity index (χ1n) is 9.80. The molecule has 1 heterocycles. The maximum Gasteiger partial charge on any atom is 0.195 e. The van der Waals surface area contributed by atoms with Crippen molar-refractivity contribution >= 4 is 35.6 Å². The Morgan fingerprint density at radius 3 is 2.75 bits per heavy atom. The number of anilines is 1. The van der Waals surface area contributed by atoms with Gasteiger partial charge in [0.05, 0.1) is 26.9 Å². The highest BCUT2D eigenvalue weighted by atomic mass is 127. The SMILES string of the molecule is CCNC(=NCC1CCCN1CCOC)Nc1ccc(OCC)c(OC)c1.I. The van der Waals surface area contributed by atoms with E-state index in [-0.39, 0.29) is 24.0 Å². The van der Waals surface area contributed by atoms with Crippen molar-refractivity contribution in [2.24, 2.45) is 4.99 Å². The van der Waals surface area contributed by atoms with Gasteiger partial charge in [-0.05, 0) is 45.4 Å². The first-order valence-corrected chi connectivity index (χ1v) is 9.80. The standard InChI is InChI=1S/C20H34N4O3.HI/c1-5-21-20(22-15-17-8-7-11-24(17)12-13-25-3)23-16-9-10-18(27-6-2)19(14-16)26-4;/h9-10,14,17H,5-8,11-13,15H2,1-4H3,(H2,21,22,23);1H. The van der Waals surface area contributed by atoms with Crippen molar-refractivity contribution in [1.29, 1.82) is 0 Å². The van der Waals surface area contributed by atoms with Gasteiger partial charge in [-0.15, -0.1) is 24.0 Å². The van der Waals surface area contributed by atoms with Gasteiger partial charge in [0.15, 0.2) is 17.5 Å². The zero-order valence-corrected chi connectivity index (χ0v) is 19.8. The van der Waals surface area contributed by atoms with Crippen molar-refractivity contribution in [2.75, 3.05) is 58.9 Å². The molecule has 0 radical (unpaired) electrons. The van der Waals surface area contributed by atoms with Crippen LogP contribution in [0, 0.1) is 0 Å². The lowest BCUT2D eigenvalue weighted by molar-refractivity contribution is 0.143. The fraction of sp³-hybridized carbons (Fsp3) is 0.650. The molecule has 0 bridgehead atoms. The maximum absolute atomic E-state index is 5.58. The zero-order valence-electron chi connectivity index (χ0n) is 17.5. The van der Waals surface area contributed by atoms with Crippen LogP contribution in [0.4, 0.5) is 5.69 Å². The molecule has 2 rings (SSSR count). The zero-order chi connectivity index (χ0) is 19.5. The van der Waals surface area contributed by atoms with Gasteiger partial charge in [-0.3, -0.25) is 9.89 Å². The van der Waals surface area contributed by atoms with Crippen molar-refractivity contribution < 1.29 is 14.2 Å². The van der Waals surface area contributed by atoms with Crippen LogP contribution in [0.2, 0.25) is 0 Å². The molecule has 1 saturated heterocycles. The van der Waals surface area contributed by atoms with Gasteiger partial charge in [0.25, 0.3) is 0 Å². The van der Waals surface area contributed by atoms with Gasteiger partial charge < -0.3 is 24.8 Å². The predicted octanol–water partition coefficient (Wildman–Crippen LogP) is 3.20. The summed E-state index contributed by atoms with van der Waals surface area (Å²) in [6, 6.07) is 6.29. The van der Waals surface area contributed by atoms with E-state index >= 15 is 0 Å². The van der Waals surface area contributed by atoms with Gasteiger partial charge in [0, 0.05) is 38.0 Å². The molecular formula is C20H35IN4O3. The maximum atomic E-state index is 5.58. The number of benzene rings is 1. The number of nitrogens with one attached hydrogen (secondary N) is 2. The smallest absolute Gasteiger partial charge is 0.195 e. The third-order valence-electron chi connectivity index (χ3n) is 4.61. The van der Waals surface area contributed by atoms with E-state index in [0.717, 1.165) is 50.2 Å². The Bertz CT molecular complexity index is 601. The molecule has 0 aromatic heterocycles. The number of methoxy groups -OCH3 is 2. The highest BCUT2D eigenvalue weighted by Crippen LogP contribution is 2.30. The number of aliphatic imine (C=N–C) groups is 1. The second-order valence-corrected chi connectivity index (χ2v) is 6.47. The lowest BCUT2D eigenvalue weighted by Crippen LogP contribution is -2.36. The second kappa shape index (κ2) is 13.8. The van der Waals surface area contributed by atoms with Crippen molar-refractivity contribution in [3.8, 4) is 11.5 Å². The molecule has 7 nitrogen and oxygen atoms in total.